The van der Waals surface area contributed by atoms with Crippen molar-refractivity contribution in [2.24, 2.45) is 0 Å². The molecule has 1 heterocycles. The molecule has 1 rings (SSSR count). The molecule has 1 aromatic heterocycles. The lowest BCUT2D eigenvalue weighted by Gasteiger charge is -2.15. The lowest BCUT2D eigenvalue weighted by molar-refractivity contribution is -0.139. The van der Waals surface area contributed by atoms with Crippen molar-refractivity contribution in [2.45, 2.75) is 6.18 Å². The molecule has 0 fully saturated rings. The maximum atomic E-state index is 12.7. The average molecular weight is 343 g/mol. The molecule has 0 saturated heterocycles. The molecule has 0 unspecified atom stereocenters. The number of hydrogen-bond donors (Lipinski definition) is 1. The van der Waals surface area contributed by atoms with Gasteiger partial charge in [-0.1, -0.05) is 0 Å². The molecule has 5 nitrogen and oxygen atoms in total. The Morgan fingerprint density at radius 2 is 2.21 bits per heavy atom. The number of alkyl halides is 3. The molecule has 1 amide bonds. The van der Waals surface area contributed by atoms with Crippen molar-refractivity contribution < 1.29 is 27.8 Å². The zero-order valence-electron chi connectivity index (χ0n) is 9.74. The van der Waals surface area contributed by atoms with Crippen LogP contribution >= 0.6 is 15.9 Å². The number of halogens is 4. The van der Waals surface area contributed by atoms with Crippen LogP contribution in [0.4, 0.5) is 18.0 Å². The van der Waals surface area contributed by atoms with E-state index in [0.29, 0.717) is 0 Å². The Morgan fingerprint density at radius 3 is 2.74 bits per heavy atom. The second-order valence-corrected chi connectivity index (χ2v) is 4.47. The Balaban J connectivity index is 2.76. The number of hydrogen-bond acceptors (Lipinski definition) is 3. The van der Waals surface area contributed by atoms with E-state index >= 15 is 0 Å². The number of nitrogens with zero attached hydrogens (tertiary/aromatic N) is 2. The molecule has 1 aromatic rings. The smallest absolute Gasteiger partial charge is 0.421 e. The van der Waals surface area contributed by atoms with E-state index in [4.69, 9.17) is 9.84 Å². The van der Waals surface area contributed by atoms with Gasteiger partial charge in [-0.2, -0.15) is 13.2 Å². The number of aromatic nitrogens is 1. The highest BCUT2D eigenvalue weighted by atomic mass is 79.9. The highest BCUT2D eigenvalue weighted by Gasteiger charge is 2.35. The Hall–Kier alpha value is -1.51. The second-order valence-electron chi connectivity index (χ2n) is 3.56. The molecule has 0 radical (unpaired) electrons. The first kappa shape index (κ1) is 15.5. The zero-order chi connectivity index (χ0) is 14.6. The molecule has 9 heteroatoms. The van der Waals surface area contributed by atoms with Gasteiger partial charge in [-0.3, -0.25) is 0 Å². The summed E-state index contributed by atoms with van der Waals surface area (Å²) >= 11 is 2.90. The van der Waals surface area contributed by atoms with Crippen LogP contribution in [0.15, 0.2) is 16.7 Å². The Morgan fingerprint density at radius 1 is 1.58 bits per heavy atom. The van der Waals surface area contributed by atoms with E-state index < -0.39 is 23.7 Å². The van der Waals surface area contributed by atoms with Gasteiger partial charge in [0, 0.05) is 17.7 Å². The minimum absolute atomic E-state index is 0.0651. The standard InChI is InChI=1S/C10H10BrF3N2O3/c1-16(9(17)18)2-3-19-8-7(10(12,13)14)4-6(11)5-15-8/h4-5H,2-3H2,1H3,(H,17,18). The maximum absolute atomic E-state index is 12.7. The van der Waals surface area contributed by atoms with Crippen LogP contribution in [0, 0.1) is 0 Å². The van der Waals surface area contributed by atoms with Crippen molar-refractivity contribution in [1.82, 2.24) is 9.88 Å². The average Bonchev–Trinajstić information content (AvgIpc) is 2.29. The predicted molar refractivity (Wildman–Crippen MR) is 63.1 cm³/mol. The number of likely N-dealkylation sites (N-methyl/N-ethyl adjacent to an activating group) is 1. The van der Waals surface area contributed by atoms with Crippen LogP contribution in [-0.2, 0) is 6.18 Å². The SMILES string of the molecule is CN(CCOc1ncc(Br)cc1C(F)(F)F)C(=O)O. The number of ether oxygens (including phenoxy) is 1. The summed E-state index contributed by atoms with van der Waals surface area (Å²) < 4.78 is 43.1. The van der Waals surface area contributed by atoms with Crippen LogP contribution in [0.5, 0.6) is 5.88 Å². The fourth-order valence-corrected chi connectivity index (χ4v) is 1.45. The Kier molecular flexibility index (Phi) is 4.98. The van der Waals surface area contributed by atoms with Gasteiger partial charge in [0.05, 0.1) is 6.54 Å². The summed E-state index contributed by atoms with van der Waals surface area (Å²) in [5, 5.41) is 8.57. The van der Waals surface area contributed by atoms with Crippen LogP contribution < -0.4 is 4.74 Å². The molecule has 0 atom stereocenters. The highest BCUT2D eigenvalue weighted by molar-refractivity contribution is 9.10. The van der Waals surface area contributed by atoms with Crippen molar-refractivity contribution >= 4 is 22.0 Å². The van der Waals surface area contributed by atoms with E-state index in [0.717, 1.165) is 11.0 Å². The van der Waals surface area contributed by atoms with E-state index in [1.807, 2.05) is 0 Å². The summed E-state index contributed by atoms with van der Waals surface area (Å²) in [6.07, 6.45) is -4.61. The van der Waals surface area contributed by atoms with E-state index in [2.05, 4.69) is 20.9 Å². The van der Waals surface area contributed by atoms with Crippen LogP contribution in [0.1, 0.15) is 5.56 Å². The van der Waals surface area contributed by atoms with Gasteiger partial charge >= 0.3 is 12.3 Å². The molecular formula is C10H10BrF3N2O3. The number of carbonyl (C=O) groups is 1. The minimum atomic E-state index is -4.59. The van der Waals surface area contributed by atoms with Gasteiger partial charge in [-0.05, 0) is 22.0 Å². The molecule has 19 heavy (non-hydrogen) atoms. The number of amides is 1. The number of pyridine rings is 1. The molecule has 0 aliphatic rings. The molecule has 0 saturated carbocycles. The van der Waals surface area contributed by atoms with E-state index in [1.54, 1.807) is 0 Å². The third-order valence-electron chi connectivity index (χ3n) is 2.12. The van der Waals surface area contributed by atoms with Gasteiger partial charge in [-0.15, -0.1) is 0 Å². The van der Waals surface area contributed by atoms with Crippen molar-refractivity contribution in [1.29, 1.82) is 0 Å². The summed E-state index contributed by atoms with van der Waals surface area (Å²) in [5.41, 5.74) is -1.01. The quantitative estimate of drug-likeness (QED) is 0.913. The van der Waals surface area contributed by atoms with Gasteiger partial charge < -0.3 is 14.7 Å². The Bertz CT molecular complexity index is 468. The number of rotatable bonds is 4. The summed E-state index contributed by atoms with van der Waals surface area (Å²) in [7, 11) is 1.28. The van der Waals surface area contributed by atoms with E-state index in [9.17, 15) is 18.0 Å². The molecule has 0 spiro atoms. The molecule has 1 N–H and O–H groups in total. The van der Waals surface area contributed by atoms with E-state index in [1.165, 1.54) is 13.2 Å². The van der Waals surface area contributed by atoms with E-state index in [-0.39, 0.29) is 17.6 Å². The molecule has 0 bridgehead atoms. The molecule has 106 valence electrons. The zero-order valence-corrected chi connectivity index (χ0v) is 11.3. The second kappa shape index (κ2) is 6.09. The monoisotopic (exact) mass is 342 g/mol. The van der Waals surface area contributed by atoms with Gasteiger partial charge in [0.2, 0.25) is 5.88 Å². The first-order chi connectivity index (χ1) is 8.71. The lowest BCUT2D eigenvalue weighted by atomic mass is 10.2. The summed E-state index contributed by atoms with van der Waals surface area (Å²) in [4.78, 5) is 14.9. The van der Waals surface area contributed by atoms with Crippen molar-refractivity contribution in [3.63, 3.8) is 0 Å². The van der Waals surface area contributed by atoms with Crippen LogP contribution in [0.3, 0.4) is 0 Å². The van der Waals surface area contributed by atoms with Gasteiger partial charge in [0.25, 0.3) is 0 Å². The van der Waals surface area contributed by atoms with Gasteiger partial charge in [0.1, 0.15) is 12.2 Å². The fourth-order valence-electron chi connectivity index (χ4n) is 1.12. The summed E-state index contributed by atoms with van der Waals surface area (Å²) in [6.45, 7) is -0.287. The fraction of sp³-hybridized carbons (Fsp3) is 0.400. The van der Waals surface area contributed by atoms with Crippen molar-refractivity contribution in [3.05, 3.63) is 22.3 Å². The summed E-state index contributed by atoms with van der Waals surface area (Å²) in [6, 6.07) is 0.850. The minimum Gasteiger partial charge on any atom is -0.475 e. The van der Waals surface area contributed by atoms with Crippen LogP contribution in [0.25, 0.3) is 0 Å². The topological polar surface area (TPSA) is 62.7 Å². The first-order valence-electron chi connectivity index (χ1n) is 5.01. The van der Waals surface area contributed by atoms with Gasteiger partial charge in [0.15, 0.2) is 0 Å². The number of carboxylic acid groups (broad SMARTS) is 1. The third kappa shape index (κ3) is 4.58. The Labute approximate surface area is 115 Å². The molecule has 0 aliphatic carbocycles. The lowest BCUT2D eigenvalue weighted by Crippen LogP contribution is -2.29. The van der Waals surface area contributed by atoms with Crippen LogP contribution in [0.2, 0.25) is 0 Å². The third-order valence-corrected chi connectivity index (χ3v) is 2.55. The highest BCUT2D eigenvalue weighted by Crippen LogP contribution is 2.36. The summed E-state index contributed by atoms with van der Waals surface area (Å²) in [5.74, 6) is -0.575. The first-order valence-corrected chi connectivity index (χ1v) is 5.80. The normalized spacial score (nSPS) is 11.2. The predicted octanol–water partition coefficient (Wildman–Crippen LogP) is 2.85. The molecular weight excluding hydrogens is 333 g/mol. The van der Waals surface area contributed by atoms with Crippen molar-refractivity contribution in [3.8, 4) is 5.88 Å². The van der Waals surface area contributed by atoms with Crippen molar-refractivity contribution in [2.75, 3.05) is 20.2 Å². The van der Waals surface area contributed by atoms with Gasteiger partial charge in [-0.25, -0.2) is 9.78 Å². The van der Waals surface area contributed by atoms with Crippen LogP contribution in [-0.4, -0.2) is 41.3 Å². The largest absolute Gasteiger partial charge is 0.475 e. The maximum Gasteiger partial charge on any atom is 0.421 e. The molecule has 0 aromatic carbocycles. The molecule has 0 aliphatic heterocycles.